The summed E-state index contributed by atoms with van der Waals surface area (Å²) >= 11 is 0. The van der Waals surface area contributed by atoms with Gasteiger partial charge in [0.25, 0.3) is 0 Å². The molecule has 1 aromatic carbocycles. The van der Waals surface area contributed by atoms with Crippen LogP contribution in [0, 0.1) is 0 Å². The largest absolute Gasteiger partial charge is 0.314 e. The first kappa shape index (κ1) is 10.2. The topological polar surface area (TPSA) is 23.5 Å². The molecule has 13 heavy (non-hydrogen) atoms. The Morgan fingerprint density at radius 2 is 2.08 bits per heavy atom. The molecule has 0 amide bonds. The van der Waals surface area contributed by atoms with Crippen molar-refractivity contribution in [3.8, 4) is 0 Å². The molecule has 0 spiro atoms. The van der Waals surface area contributed by atoms with E-state index in [0.29, 0.717) is 12.5 Å². The van der Waals surface area contributed by atoms with Crippen LogP contribution in [0.2, 0.25) is 0 Å². The standard InChI is InChI=1S/C11H17NO/c1-9(2)11-6-4-5-10(7-11)8-12(3)13/h4-7,9,13H,8H2,1-3H3. The lowest BCUT2D eigenvalue weighted by Crippen LogP contribution is -2.11. The van der Waals surface area contributed by atoms with E-state index >= 15 is 0 Å². The molecule has 0 aliphatic heterocycles. The van der Waals surface area contributed by atoms with Gasteiger partial charge in [0.2, 0.25) is 0 Å². The Morgan fingerprint density at radius 1 is 1.38 bits per heavy atom. The van der Waals surface area contributed by atoms with Crippen molar-refractivity contribution >= 4 is 0 Å². The van der Waals surface area contributed by atoms with E-state index in [4.69, 9.17) is 5.21 Å². The first-order chi connectivity index (χ1) is 6.09. The third-order valence-corrected chi connectivity index (χ3v) is 2.03. The maximum atomic E-state index is 9.07. The van der Waals surface area contributed by atoms with Crippen molar-refractivity contribution in [2.75, 3.05) is 7.05 Å². The van der Waals surface area contributed by atoms with E-state index in [0.717, 1.165) is 5.56 Å². The minimum Gasteiger partial charge on any atom is -0.314 e. The molecule has 0 saturated heterocycles. The molecule has 1 rings (SSSR count). The molecule has 0 unspecified atom stereocenters. The number of hydroxylamine groups is 2. The van der Waals surface area contributed by atoms with Crippen molar-refractivity contribution in [2.45, 2.75) is 26.3 Å². The van der Waals surface area contributed by atoms with Gasteiger partial charge in [-0.25, -0.2) is 0 Å². The Bertz CT molecular complexity index is 269. The van der Waals surface area contributed by atoms with Gasteiger partial charge in [-0.3, -0.25) is 0 Å². The van der Waals surface area contributed by atoms with Crippen LogP contribution in [-0.4, -0.2) is 17.3 Å². The van der Waals surface area contributed by atoms with Crippen molar-refractivity contribution in [3.63, 3.8) is 0 Å². The van der Waals surface area contributed by atoms with E-state index in [1.165, 1.54) is 10.6 Å². The zero-order chi connectivity index (χ0) is 9.84. The molecular formula is C11H17NO. The fourth-order valence-corrected chi connectivity index (χ4v) is 1.31. The van der Waals surface area contributed by atoms with E-state index in [9.17, 15) is 0 Å². The van der Waals surface area contributed by atoms with Crippen LogP contribution in [0.1, 0.15) is 30.9 Å². The average molecular weight is 179 g/mol. The number of hydrogen-bond donors (Lipinski definition) is 1. The Morgan fingerprint density at radius 3 is 2.62 bits per heavy atom. The highest BCUT2D eigenvalue weighted by atomic mass is 16.5. The smallest absolute Gasteiger partial charge is 0.0485 e. The second kappa shape index (κ2) is 4.40. The lowest BCUT2D eigenvalue weighted by molar-refractivity contribution is -0.0731. The highest BCUT2D eigenvalue weighted by Gasteiger charge is 2.01. The summed E-state index contributed by atoms with van der Waals surface area (Å²) < 4.78 is 0. The summed E-state index contributed by atoms with van der Waals surface area (Å²) in [6.07, 6.45) is 0. The molecule has 0 aromatic heterocycles. The number of rotatable bonds is 3. The number of hydrogen-bond acceptors (Lipinski definition) is 2. The predicted octanol–water partition coefficient (Wildman–Crippen LogP) is 2.63. The van der Waals surface area contributed by atoms with E-state index in [1.807, 2.05) is 12.1 Å². The fourth-order valence-electron chi connectivity index (χ4n) is 1.31. The summed E-state index contributed by atoms with van der Waals surface area (Å²) in [4.78, 5) is 0. The molecule has 2 heteroatoms. The molecule has 1 aromatic rings. The molecule has 2 nitrogen and oxygen atoms in total. The van der Waals surface area contributed by atoms with E-state index < -0.39 is 0 Å². The SMILES string of the molecule is CC(C)c1cccc(CN(C)O)c1. The van der Waals surface area contributed by atoms with Crippen LogP contribution in [0.25, 0.3) is 0 Å². The highest BCUT2D eigenvalue weighted by Crippen LogP contribution is 2.15. The van der Waals surface area contributed by atoms with Crippen molar-refractivity contribution in [3.05, 3.63) is 35.4 Å². The van der Waals surface area contributed by atoms with E-state index in [2.05, 4.69) is 26.0 Å². The van der Waals surface area contributed by atoms with Gasteiger partial charge in [-0.05, 0) is 17.0 Å². The van der Waals surface area contributed by atoms with Crippen molar-refractivity contribution in [1.29, 1.82) is 0 Å². The van der Waals surface area contributed by atoms with Crippen LogP contribution in [-0.2, 0) is 6.54 Å². The first-order valence-electron chi connectivity index (χ1n) is 4.58. The quantitative estimate of drug-likeness (QED) is 0.721. The lowest BCUT2D eigenvalue weighted by Gasteiger charge is -2.10. The zero-order valence-corrected chi connectivity index (χ0v) is 8.49. The maximum Gasteiger partial charge on any atom is 0.0485 e. The van der Waals surface area contributed by atoms with Crippen LogP contribution in [0.4, 0.5) is 0 Å². The summed E-state index contributed by atoms with van der Waals surface area (Å²) in [5, 5.41) is 10.3. The molecule has 0 aliphatic carbocycles. The number of nitrogens with zero attached hydrogens (tertiary/aromatic N) is 1. The van der Waals surface area contributed by atoms with Crippen molar-refractivity contribution in [2.24, 2.45) is 0 Å². The van der Waals surface area contributed by atoms with Gasteiger partial charge in [0.15, 0.2) is 0 Å². The Balaban J connectivity index is 2.79. The molecule has 0 saturated carbocycles. The molecule has 0 radical (unpaired) electrons. The van der Waals surface area contributed by atoms with E-state index in [1.54, 1.807) is 7.05 Å². The summed E-state index contributed by atoms with van der Waals surface area (Å²) in [6, 6.07) is 8.32. The summed E-state index contributed by atoms with van der Waals surface area (Å²) in [5.74, 6) is 0.545. The molecule has 0 fully saturated rings. The van der Waals surface area contributed by atoms with E-state index in [-0.39, 0.29) is 0 Å². The van der Waals surface area contributed by atoms with Crippen LogP contribution >= 0.6 is 0 Å². The average Bonchev–Trinajstić information content (AvgIpc) is 2.03. The third-order valence-electron chi connectivity index (χ3n) is 2.03. The summed E-state index contributed by atoms with van der Waals surface area (Å²) in [7, 11) is 1.65. The second-order valence-corrected chi connectivity index (χ2v) is 3.72. The third kappa shape index (κ3) is 3.17. The van der Waals surface area contributed by atoms with Crippen molar-refractivity contribution < 1.29 is 5.21 Å². The molecule has 72 valence electrons. The first-order valence-corrected chi connectivity index (χ1v) is 4.58. The normalized spacial score (nSPS) is 11.2. The van der Waals surface area contributed by atoms with Gasteiger partial charge in [0.05, 0.1) is 0 Å². The highest BCUT2D eigenvalue weighted by molar-refractivity contribution is 5.25. The van der Waals surface area contributed by atoms with Gasteiger partial charge in [-0.2, -0.15) is 5.06 Å². The van der Waals surface area contributed by atoms with Gasteiger partial charge < -0.3 is 5.21 Å². The Hall–Kier alpha value is -0.860. The minimum atomic E-state index is 0.545. The minimum absolute atomic E-state index is 0.545. The predicted molar refractivity (Wildman–Crippen MR) is 53.8 cm³/mol. The molecular weight excluding hydrogens is 162 g/mol. The zero-order valence-electron chi connectivity index (χ0n) is 8.49. The van der Waals surface area contributed by atoms with Gasteiger partial charge in [0.1, 0.15) is 0 Å². The lowest BCUT2D eigenvalue weighted by atomic mass is 10.0. The van der Waals surface area contributed by atoms with Crippen LogP contribution in [0.3, 0.4) is 0 Å². The monoisotopic (exact) mass is 179 g/mol. The van der Waals surface area contributed by atoms with Crippen LogP contribution < -0.4 is 0 Å². The maximum absolute atomic E-state index is 9.07. The molecule has 0 bridgehead atoms. The fraction of sp³-hybridized carbons (Fsp3) is 0.455. The molecule has 0 heterocycles. The molecule has 0 aliphatic rings. The number of benzene rings is 1. The molecule has 0 atom stereocenters. The van der Waals surface area contributed by atoms with Gasteiger partial charge in [-0.15, -0.1) is 0 Å². The van der Waals surface area contributed by atoms with Crippen LogP contribution in [0.5, 0.6) is 0 Å². The second-order valence-electron chi connectivity index (χ2n) is 3.72. The molecule has 1 N–H and O–H groups in total. The summed E-state index contributed by atoms with van der Waals surface area (Å²) in [6.45, 7) is 4.92. The Labute approximate surface area is 79.8 Å². The van der Waals surface area contributed by atoms with Crippen molar-refractivity contribution in [1.82, 2.24) is 5.06 Å². The van der Waals surface area contributed by atoms with Gasteiger partial charge in [0, 0.05) is 13.6 Å². The summed E-state index contributed by atoms with van der Waals surface area (Å²) in [5.41, 5.74) is 2.47. The Kier molecular flexibility index (Phi) is 3.46. The van der Waals surface area contributed by atoms with Gasteiger partial charge in [-0.1, -0.05) is 38.1 Å². The van der Waals surface area contributed by atoms with Crippen LogP contribution in [0.15, 0.2) is 24.3 Å². The van der Waals surface area contributed by atoms with Gasteiger partial charge >= 0.3 is 0 Å².